The Kier molecular flexibility index (Phi) is 3.38. The number of ether oxygens (including phenoxy) is 1. The first-order chi connectivity index (χ1) is 6.06. The number of aliphatic hydroxyl groups is 3. The molecule has 0 aliphatic carbocycles. The lowest BCUT2D eigenvalue weighted by atomic mass is 10.0. The van der Waals surface area contributed by atoms with Crippen LogP contribution in [0.4, 0.5) is 0 Å². The van der Waals surface area contributed by atoms with Gasteiger partial charge in [-0.15, -0.1) is 0 Å². The van der Waals surface area contributed by atoms with Crippen LogP contribution in [-0.2, 0) is 9.53 Å². The van der Waals surface area contributed by atoms with Crippen molar-refractivity contribution in [2.24, 2.45) is 0 Å². The molecule has 0 spiro atoms. The Hall–Kier alpha value is -0.490. The van der Waals surface area contributed by atoms with Crippen LogP contribution in [-0.4, -0.2) is 52.1 Å². The molecule has 1 heterocycles. The smallest absolute Gasteiger partial charge is 0.132 e. The Bertz CT molecular complexity index is 193. The first-order valence-electron chi connectivity index (χ1n) is 4.18. The minimum absolute atomic E-state index is 0.0642. The predicted octanol–water partition coefficient (Wildman–Crippen LogP) is -1.55. The van der Waals surface area contributed by atoms with Crippen LogP contribution in [0.3, 0.4) is 0 Å². The lowest BCUT2D eigenvalue weighted by molar-refractivity contribution is -0.121. The summed E-state index contributed by atoms with van der Waals surface area (Å²) in [5, 5.41) is 27.4. The molecule has 4 atom stereocenters. The maximum atomic E-state index is 10.7. The molecule has 1 fully saturated rings. The van der Waals surface area contributed by atoms with E-state index in [0.29, 0.717) is 0 Å². The molecule has 0 aromatic carbocycles. The van der Waals surface area contributed by atoms with Crippen molar-refractivity contribution in [3.05, 3.63) is 0 Å². The number of rotatable bonds is 3. The Morgan fingerprint density at radius 1 is 1.31 bits per heavy atom. The second kappa shape index (κ2) is 4.15. The average molecular weight is 190 g/mol. The summed E-state index contributed by atoms with van der Waals surface area (Å²) in [5.74, 6) is -0.116. The van der Waals surface area contributed by atoms with Gasteiger partial charge in [-0.2, -0.15) is 0 Å². The molecule has 3 N–H and O–H groups in total. The molecule has 1 rings (SSSR count). The van der Waals surface area contributed by atoms with E-state index in [4.69, 9.17) is 9.84 Å². The molecule has 1 saturated heterocycles. The zero-order valence-electron chi connectivity index (χ0n) is 7.38. The normalized spacial score (nSPS) is 39.4. The van der Waals surface area contributed by atoms with Crippen LogP contribution >= 0.6 is 0 Å². The van der Waals surface area contributed by atoms with Crippen LogP contribution in [0.1, 0.15) is 13.3 Å². The van der Waals surface area contributed by atoms with Crippen molar-refractivity contribution in [1.29, 1.82) is 0 Å². The molecule has 0 unspecified atom stereocenters. The van der Waals surface area contributed by atoms with Crippen LogP contribution in [0, 0.1) is 0 Å². The Labute approximate surface area is 75.9 Å². The zero-order chi connectivity index (χ0) is 10.0. The summed E-state index contributed by atoms with van der Waals surface area (Å²) in [7, 11) is 0. The van der Waals surface area contributed by atoms with Gasteiger partial charge in [0, 0.05) is 6.42 Å². The van der Waals surface area contributed by atoms with Gasteiger partial charge < -0.3 is 20.1 Å². The summed E-state index contributed by atoms with van der Waals surface area (Å²) in [6, 6.07) is 0. The quantitative estimate of drug-likeness (QED) is 0.501. The topological polar surface area (TPSA) is 87.0 Å². The van der Waals surface area contributed by atoms with E-state index in [9.17, 15) is 15.0 Å². The van der Waals surface area contributed by atoms with Gasteiger partial charge in [-0.05, 0) is 6.92 Å². The second-order valence-electron chi connectivity index (χ2n) is 3.28. The van der Waals surface area contributed by atoms with Gasteiger partial charge in [-0.3, -0.25) is 4.79 Å². The number of hydrogen-bond donors (Lipinski definition) is 3. The number of aliphatic hydroxyl groups excluding tert-OH is 3. The minimum atomic E-state index is -1.10. The molecule has 13 heavy (non-hydrogen) atoms. The molecule has 0 amide bonds. The molecule has 1 aliphatic rings. The number of hydrogen-bond acceptors (Lipinski definition) is 5. The maximum absolute atomic E-state index is 10.7. The first-order valence-corrected chi connectivity index (χ1v) is 4.18. The summed E-state index contributed by atoms with van der Waals surface area (Å²) in [5.41, 5.74) is 0. The van der Waals surface area contributed by atoms with Gasteiger partial charge in [0.2, 0.25) is 0 Å². The third-order valence-electron chi connectivity index (χ3n) is 2.13. The number of Topliss-reactive ketones (excluding diaryl/α,β-unsaturated/α-hetero) is 1. The molecule has 5 nitrogen and oxygen atoms in total. The van der Waals surface area contributed by atoms with Crippen LogP contribution in [0.25, 0.3) is 0 Å². The fourth-order valence-electron chi connectivity index (χ4n) is 1.43. The number of ketones is 1. The van der Waals surface area contributed by atoms with E-state index in [2.05, 4.69) is 0 Å². The Balaban J connectivity index is 2.55. The van der Waals surface area contributed by atoms with Crippen LogP contribution in [0.2, 0.25) is 0 Å². The third-order valence-corrected chi connectivity index (χ3v) is 2.13. The van der Waals surface area contributed by atoms with Gasteiger partial charge >= 0.3 is 0 Å². The molecule has 0 aromatic rings. The van der Waals surface area contributed by atoms with Gasteiger partial charge in [-0.1, -0.05) is 0 Å². The van der Waals surface area contributed by atoms with Crippen molar-refractivity contribution in [3.8, 4) is 0 Å². The SMILES string of the molecule is CC(=O)C[C@@H]1O[C@H](CO)[C@H](O)[C@H]1O. The molecule has 5 heteroatoms. The molecular weight excluding hydrogens is 176 g/mol. The highest BCUT2D eigenvalue weighted by Crippen LogP contribution is 2.23. The van der Waals surface area contributed by atoms with Crippen molar-refractivity contribution in [2.75, 3.05) is 6.61 Å². The molecule has 0 aromatic heterocycles. The van der Waals surface area contributed by atoms with Crippen LogP contribution in [0.5, 0.6) is 0 Å². The molecule has 0 bridgehead atoms. The van der Waals surface area contributed by atoms with Crippen LogP contribution < -0.4 is 0 Å². The van der Waals surface area contributed by atoms with Crippen molar-refractivity contribution in [3.63, 3.8) is 0 Å². The van der Waals surface area contributed by atoms with Crippen molar-refractivity contribution in [2.45, 2.75) is 37.8 Å². The summed E-state index contributed by atoms with van der Waals surface area (Å²) in [6.07, 6.45) is -3.59. The standard InChI is InChI=1S/C8H14O5/c1-4(10)2-5-7(11)8(12)6(3-9)13-5/h5-9,11-12H,2-3H2,1H3/t5-,6+,7-,8-/m0/s1. The molecule has 0 saturated carbocycles. The minimum Gasteiger partial charge on any atom is -0.394 e. The lowest BCUT2D eigenvalue weighted by Crippen LogP contribution is -2.34. The monoisotopic (exact) mass is 190 g/mol. The highest BCUT2D eigenvalue weighted by atomic mass is 16.6. The highest BCUT2D eigenvalue weighted by Gasteiger charge is 2.42. The van der Waals surface area contributed by atoms with Crippen molar-refractivity contribution in [1.82, 2.24) is 0 Å². The van der Waals surface area contributed by atoms with Crippen LogP contribution in [0.15, 0.2) is 0 Å². The molecule has 0 radical (unpaired) electrons. The molecular formula is C8H14O5. The van der Waals surface area contributed by atoms with E-state index in [-0.39, 0.29) is 18.8 Å². The van der Waals surface area contributed by atoms with Crippen molar-refractivity contribution < 1.29 is 24.9 Å². The fourth-order valence-corrected chi connectivity index (χ4v) is 1.43. The lowest BCUT2D eigenvalue weighted by Gasteiger charge is -2.11. The van der Waals surface area contributed by atoms with E-state index in [0.717, 1.165) is 0 Å². The van der Waals surface area contributed by atoms with Gasteiger partial charge in [-0.25, -0.2) is 0 Å². The van der Waals surface area contributed by atoms with E-state index in [1.54, 1.807) is 0 Å². The Morgan fingerprint density at radius 2 is 1.85 bits per heavy atom. The zero-order valence-corrected chi connectivity index (χ0v) is 7.38. The third kappa shape index (κ3) is 2.25. The predicted molar refractivity (Wildman–Crippen MR) is 43.1 cm³/mol. The molecule has 76 valence electrons. The molecule has 1 aliphatic heterocycles. The average Bonchev–Trinajstić information content (AvgIpc) is 2.32. The summed E-state index contributed by atoms with van der Waals surface area (Å²) >= 11 is 0. The first kappa shape index (κ1) is 10.6. The summed E-state index contributed by atoms with van der Waals surface area (Å²) < 4.78 is 5.08. The Morgan fingerprint density at radius 3 is 2.23 bits per heavy atom. The van der Waals surface area contributed by atoms with Gasteiger partial charge in [0.1, 0.15) is 24.1 Å². The van der Waals surface area contributed by atoms with E-state index < -0.39 is 24.4 Å². The van der Waals surface area contributed by atoms with E-state index in [1.165, 1.54) is 6.92 Å². The second-order valence-corrected chi connectivity index (χ2v) is 3.28. The highest BCUT2D eigenvalue weighted by molar-refractivity contribution is 5.76. The maximum Gasteiger partial charge on any atom is 0.132 e. The van der Waals surface area contributed by atoms with E-state index in [1.807, 2.05) is 0 Å². The number of carbonyl (C=O) groups excluding carboxylic acids is 1. The van der Waals surface area contributed by atoms with Gasteiger partial charge in [0.25, 0.3) is 0 Å². The largest absolute Gasteiger partial charge is 0.394 e. The fraction of sp³-hybridized carbons (Fsp3) is 0.875. The van der Waals surface area contributed by atoms with Gasteiger partial charge in [0.15, 0.2) is 0 Å². The van der Waals surface area contributed by atoms with E-state index >= 15 is 0 Å². The van der Waals surface area contributed by atoms with Gasteiger partial charge in [0.05, 0.1) is 12.7 Å². The number of carbonyl (C=O) groups is 1. The van der Waals surface area contributed by atoms with Crippen molar-refractivity contribution >= 4 is 5.78 Å². The summed E-state index contributed by atoms with van der Waals surface area (Å²) in [4.78, 5) is 10.7. The summed E-state index contributed by atoms with van der Waals surface area (Å²) in [6.45, 7) is 1.03.